The Balaban J connectivity index is 1.92. The van der Waals surface area contributed by atoms with Gasteiger partial charge in [-0.1, -0.05) is 38.1 Å². The van der Waals surface area contributed by atoms with Crippen molar-refractivity contribution in [3.8, 4) is 0 Å². The summed E-state index contributed by atoms with van der Waals surface area (Å²) in [7, 11) is 1.95. The summed E-state index contributed by atoms with van der Waals surface area (Å²) >= 11 is 0. The van der Waals surface area contributed by atoms with Gasteiger partial charge < -0.3 is 10.6 Å². The number of benzene rings is 1. The molecule has 26 heavy (non-hydrogen) atoms. The maximum atomic E-state index is 4.69. The monoisotopic (exact) mass is 356 g/mol. The van der Waals surface area contributed by atoms with Crippen molar-refractivity contribution in [2.24, 2.45) is 12.0 Å². The molecule has 142 valence electrons. The van der Waals surface area contributed by atoms with Crippen LogP contribution in [0.25, 0.3) is 0 Å². The predicted octanol–water partition coefficient (Wildman–Crippen LogP) is 2.52. The molecule has 0 aliphatic carbocycles. The van der Waals surface area contributed by atoms with Gasteiger partial charge in [0, 0.05) is 26.3 Å². The summed E-state index contributed by atoms with van der Waals surface area (Å²) in [5.41, 5.74) is 3.69. The van der Waals surface area contributed by atoms with Crippen molar-refractivity contribution in [2.45, 2.75) is 40.4 Å². The first kappa shape index (κ1) is 20.0. The molecule has 2 rings (SSSR count). The molecule has 2 N–H and O–H groups in total. The number of hydrogen-bond donors (Lipinski definition) is 2. The van der Waals surface area contributed by atoms with Gasteiger partial charge >= 0.3 is 0 Å². The summed E-state index contributed by atoms with van der Waals surface area (Å²) in [5, 5.41) is 10.8. The predicted molar refractivity (Wildman–Crippen MR) is 108 cm³/mol. The van der Waals surface area contributed by atoms with Gasteiger partial charge in [0.2, 0.25) is 0 Å². The van der Waals surface area contributed by atoms with E-state index in [0.717, 1.165) is 37.8 Å². The fourth-order valence-electron chi connectivity index (χ4n) is 2.72. The highest BCUT2D eigenvalue weighted by Crippen LogP contribution is 2.08. The van der Waals surface area contributed by atoms with Crippen LogP contribution >= 0.6 is 0 Å². The number of nitrogens with zero attached hydrogens (tertiary/aromatic N) is 4. The highest BCUT2D eigenvalue weighted by Gasteiger charge is 2.03. The second-order valence-electron chi connectivity index (χ2n) is 6.27. The zero-order valence-corrected chi connectivity index (χ0v) is 16.5. The lowest BCUT2D eigenvalue weighted by Crippen LogP contribution is -2.37. The van der Waals surface area contributed by atoms with Crippen LogP contribution in [-0.4, -0.2) is 40.3 Å². The normalized spacial score (nSPS) is 11.8. The average molecular weight is 357 g/mol. The lowest BCUT2D eigenvalue weighted by Gasteiger charge is -2.18. The molecule has 1 aromatic carbocycles. The average Bonchev–Trinajstić information content (AvgIpc) is 3.08. The molecule has 2 aromatic rings. The molecule has 0 fully saturated rings. The molecule has 6 heteroatoms. The molecule has 0 aliphatic rings. The molecule has 0 spiro atoms. The number of rotatable bonds is 9. The largest absolute Gasteiger partial charge is 0.357 e. The second kappa shape index (κ2) is 10.6. The third-order valence-corrected chi connectivity index (χ3v) is 4.45. The van der Waals surface area contributed by atoms with Crippen molar-refractivity contribution >= 4 is 5.96 Å². The maximum Gasteiger partial charge on any atom is 0.191 e. The minimum Gasteiger partial charge on any atom is -0.357 e. The Morgan fingerprint density at radius 1 is 1.04 bits per heavy atom. The fraction of sp³-hybridized carbons (Fsp3) is 0.500. The molecule has 1 aromatic heterocycles. The Labute approximate surface area is 157 Å². The van der Waals surface area contributed by atoms with Crippen molar-refractivity contribution in [3.05, 3.63) is 53.3 Å². The number of guanidine groups is 1. The van der Waals surface area contributed by atoms with Gasteiger partial charge in [0.25, 0.3) is 0 Å². The molecular formula is C20H32N6. The van der Waals surface area contributed by atoms with E-state index in [9.17, 15) is 0 Å². The Bertz CT molecular complexity index is 670. The Morgan fingerprint density at radius 3 is 2.31 bits per heavy atom. The number of aromatic nitrogens is 2. The van der Waals surface area contributed by atoms with Gasteiger partial charge in [0.1, 0.15) is 0 Å². The van der Waals surface area contributed by atoms with Crippen LogP contribution in [0.15, 0.2) is 41.5 Å². The molecule has 0 amide bonds. The lowest BCUT2D eigenvalue weighted by atomic mass is 10.1. The molecule has 1 heterocycles. The highest BCUT2D eigenvalue weighted by atomic mass is 15.3. The van der Waals surface area contributed by atoms with Crippen LogP contribution in [0.4, 0.5) is 0 Å². The van der Waals surface area contributed by atoms with E-state index in [1.165, 1.54) is 11.1 Å². The highest BCUT2D eigenvalue weighted by molar-refractivity contribution is 5.79. The first-order valence-corrected chi connectivity index (χ1v) is 9.45. The van der Waals surface area contributed by atoms with Gasteiger partial charge in [-0.05, 0) is 37.2 Å². The summed E-state index contributed by atoms with van der Waals surface area (Å²) in [6, 6.07) is 10.8. The smallest absolute Gasteiger partial charge is 0.191 e. The molecule has 0 radical (unpaired) electrons. The summed E-state index contributed by atoms with van der Waals surface area (Å²) in [4.78, 5) is 7.11. The van der Waals surface area contributed by atoms with E-state index in [-0.39, 0.29) is 0 Å². The molecule has 0 unspecified atom stereocenters. The minimum atomic E-state index is 0.659. The van der Waals surface area contributed by atoms with Crippen LogP contribution in [0.1, 0.15) is 37.6 Å². The van der Waals surface area contributed by atoms with E-state index >= 15 is 0 Å². The molecule has 0 saturated heterocycles. The van der Waals surface area contributed by atoms with Crippen molar-refractivity contribution in [3.63, 3.8) is 0 Å². The summed E-state index contributed by atoms with van der Waals surface area (Å²) in [6.45, 7) is 11.8. The minimum absolute atomic E-state index is 0.659. The van der Waals surface area contributed by atoms with Crippen LogP contribution in [0, 0.1) is 0 Å². The van der Waals surface area contributed by atoms with E-state index in [1.807, 2.05) is 17.8 Å². The lowest BCUT2D eigenvalue weighted by molar-refractivity contribution is 0.296. The zero-order chi connectivity index (χ0) is 18.8. The van der Waals surface area contributed by atoms with Crippen LogP contribution in [0.3, 0.4) is 0 Å². The SMILES string of the molecule is CCNC(=NCc1ccc(CN(CC)CC)cc1)NCc1ccnn1C. The summed E-state index contributed by atoms with van der Waals surface area (Å²) in [5.74, 6) is 0.820. The van der Waals surface area contributed by atoms with Crippen LogP contribution in [-0.2, 0) is 26.7 Å². The summed E-state index contributed by atoms with van der Waals surface area (Å²) < 4.78 is 1.87. The maximum absolute atomic E-state index is 4.69. The summed E-state index contributed by atoms with van der Waals surface area (Å²) in [6.07, 6.45) is 1.81. The number of hydrogen-bond acceptors (Lipinski definition) is 3. The molecule has 6 nitrogen and oxygen atoms in total. The van der Waals surface area contributed by atoms with Gasteiger partial charge in [-0.2, -0.15) is 5.10 Å². The number of nitrogens with one attached hydrogen (secondary N) is 2. The Morgan fingerprint density at radius 2 is 1.73 bits per heavy atom. The van der Waals surface area contributed by atoms with Crippen LogP contribution < -0.4 is 10.6 Å². The first-order chi connectivity index (χ1) is 12.7. The van der Waals surface area contributed by atoms with Crippen molar-refractivity contribution in [1.29, 1.82) is 0 Å². The number of aliphatic imine (C=N–C) groups is 1. The topological polar surface area (TPSA) is 57.5 Å². The van der Waals surface area contributed by atoms with E-state index in [2.05, 4.69) is 65.7 Å². The van der Waals surface area contributed by atoms with Crippen molar-refractivity contribution < 1.29 is 0 Å². The van der Waals surface area contributed by atoms with E-state index in [0.29, 0.717) is 13.1 Å². The first-order valence-electron chi connectivity index (χ1n) is 9.45. The van der Waals surface area contributed by atoms with Gasteiger partial charge in [-0.25, -0.2) is 4.99 Å². The van der Waals surface area contributed by atoms with Crippen molar-refractivity contribution in [1.82, 2.24) is 25.3 Å². The molecule has 0 aliphatic heterocycles. The molecule has 0 saturated carbocycles. The van der Waals surface area contributed by atoms with Gasteiger partial charge in [-0.15, -0.1) is 0 Å². The number of aryl methyl sites for hydroxylation is 1. The van der Waals surface area contributed by atoms with E-state index in [4.69, 9.17) is 4.99 Å². The zero-order valence-electron chi connectivity index (χ0n) is 16.5. The Kier molecular flexibility index (Phi) is 8.15. The van der Waals surface area contributed by atoms with Crippen molar-refractivity contribution in [2.75, 3.05) is 19.6 Å². The van der Waals surface area contributed by atoms with Gasteiger partial charge in [0.15, 0.2) is 5.96 Å². The van der Waals surface area contributed by atoms with Gasteiger partial charge in [-0.3, -0.25) is 9.58 Å². The van der Waals surface area contributed by atoms with Gasteiger partial charge in [0.05, 0.1) is 18.8 Å². The third-order valence-electron chi connectivity index (χ3n) is 4.45. The van der Waals surface area contributed by atoms with Crippen LogP contribution in [0.2, 0.25) is 0 Å². The van der Waals surface area contributed by atoms with Crippen LogP contribution in [0.5, 0.6) is 0 Å². The quantitative estimate of drug-likeness (QED) is 0.535. The standard InChI is InChI=1S/C20H32N6/c1-5-21-20(23-15-19-12-13-24-25(19)4)22-14-17-8-10-18(11-9-17)16-26(6-2)7-3/h8-13H,5-7,14-16H2,1-4H3,(H2,21,22,23). The molecule has 0 bridgehead atoms. The third kappa shape index (κ3) is 6.19. The molecule has 0 atom stereocenters. The Hall–Kier alpha value is -2.34. The fourth-order valence-corrected chi connectivity index (χ4v) is 2.72. The second-order valence-corrected chi connectivity index (χ2v) is 6.27. The molecular weight excluding hydrogens is 324 g/mol. The van der Waals surface area contributed by atoms with E-state index in [1.54, 1.807) is 6.20 Å². The van der Waals surface area contributed by atoms with E-state index < -0.39 is 0 Å².